The van der Waals surface area contributed by atoms with E-state index in [0.717, 1.165) is 19.4 Å². The van der Waals surface area contributed by atoms with Gasteiger partial charge in [0.05, 0.1) is 6.10 Å². The predicted octanol–water partition coefficient (Wildman–Crippen LogP) is 1.97. The molecule has 1 aliphatic heterocycles. The highest BCUT2D eigenvalue weighted by atomic mass is 19.1. The van der Waals surface area contributed by atoms with Crippen LogP contribution in [-0.4, -0.2) is 19.3 Å². The summed E-state index contributed by atoms with van der Waals surface area (Å²) in [6.07, 6.45) is 2.14. The first-order valence-electron chi connectivity index (χ1n) is 5.05. The van der Waals surface area contributed by atoms with E-state index in [-0.39, 0.29) is 11.9 Å². The molecule has 0 aliphatic carbocycles. The van der Waals surface area contributed by atoms with Gasteiger partial charge >= 0.3 is 0 Å². The molecule has 82 valence electrons. The molecular weight excluding hydrogens is 197 g/mol. The maximum Gasteiger partial charge on any atom is 0.167 e. The van der Waals surface area contributed by atoms with E-state index in [4.69, 9.17) is 15.2 Å². The Bertz CT molecular complexity index is 337. The molecule has 3 nitrogen and oxygen atoms in total. The quantitative estimate of drug-likeness (QED) is 0.777. The van der Waals surface area contributed by atoms with Crippen LogP contribution in [0.25, 0.3) is 0 Å². The van der Waals surface area contributed by atoms with Gasteiger partial charge in [-0.25, -0.2) is 4.39 Å². The zero-order valence-electron chi connectivity index (χ0n) is 8.41. The van der Waals surface area contributed by atoms with Crippen molar-refractivity contribution in [2.75, 3.05) is 18.9 Å². The van der Waals surface area contributed by atoms with Crippen molar-refractivity contribution in [3.63, 3.8) is 0 Å². The Morgan fingerprint density at radius 1 is 1.53 bits per heavy atom. The fraction of sp³-hybridized carbons (Fsp3) is 0.455. The molecule has 1 aliphatic rings. The first-order valence-corrected chi connectivity index (χ1v) is 5.05. The summed E-state index contributed by atoms with van der Waals surface area (Å²) in [5, 5.41) is 0. The van der Waals surface area contributed by atoms with Gasteiger partial charge in [-0.2, -0.15) is 0 Å². The lowest BCUT2D eigenvalue weighted by molar-refractivity contribution is 0.0666. The normalized spacial score (nSPS) is 20.5. The molecule has 0 spiro atoms. The molecule has 15 heavy (non-hydrogen) atoms. The molecule has 1 atom stereocenters. The van der Waals surface area contributed by atoms with E-state index >= 15 is 0 Å². The van der Waals surface area contributed by atoms with Crippen LogP contribution >= 0.6 is 0 Å². The van der Waals surface area contributed by atoms with E-state index in [9.17, 15) is 4.39 Å². The lowest BCUT2D eigenvalue weighted by Crippen LogP contribution is -2.16. The number of benzene rings is 1. The van der Waals surface area contributed by atoms with Gasteiger partial charge in [-0.1, -0.05) is 0 Å². The fourth-order valence-electron chi connectivity index (χ4n) is 1.59. The van der Waals surface area contributed by atoms with Crippen molar-refractivity contribution < 1.29 is 13.9 Å². The first-order chi connectivity index (χ1) is 7.25. The van der Waals surface area contributed by atoms with Crippen LogP contribution < -0.4 is 10.5 Å². The van der Waals surface area contributed by atoms with Crippen molar-refractivity contribution in [3.05, 3.63) is 24.0 Å². The van der Waals surface area contributed by atoms with Crippen LogP contribution in [0.15, 0.2) is 18.2 Å². The number of ether oxygens (including phenoxy) is 2. The second-order valence-electron chi connectivity index (χ2n) is 3.64. The van der Waals surface area contributed by atoms with E-state index in [2.05, 4.69) is 0 Å². The molecule has 0 saturated carbocycles. The van der Waals surface area contributed by atoms with Gasteiger partial charge in [-0.15, -0.1) is 0 Å². The summed E-state index contributed by atoms with van der Waals surface area (Å²) in [5.41, 5.74) is 5.83. The third kappa shape index (κ3) is 2.59. The van der Waals surface area contributed by atoms with Gasteiger partial charge in [0, 0.05) is 18.4 Å². The van der Waals surface area contributed by atoms with Gasteiger partial charge < -0.3 is 15.2 Å². The van der Waals surface area contributed by atoms with Gasteiger partial charge in [-0.05, 0) is 25.0 Å². The zero-order valence-corrected chi connectivity index (χ0v) is 8.41. The zero-order chi connectivity index (χ0) is 10.7. The molecule has 0 radical (unpaired) electrons. The number of rotatable bonds is 3. The molecular formula is C11H14FNO2. The van der Waals surface area contributed by atoms with E-state index in [0.29, 0.717) is 12.3 Å². The molecule has 1 aromatic rings. The average molecular weight is 211 g/mol. The highest BCUT2D eigenvalue weighted by Crippen LogP contribution is 2.21. The monoisotopic (exact) mass is 211 g/mol. The summed E-state index contributed by atoms with van der Waals surface area (Å²) >= 11 is 0. The summed E-state index contributed by atoms with van der Waals surface area (Å²) in [6, 6.07) is 4.42. The Labute approximate surface area is 88.0 Å². The Hall–Kier alpha value is -1.29. The Balaban J connectivity index is 1.92. The lowest BCUT2D eigenvalue weighted by atomic mass is 10.2. The summed E-state index contributed by atoms with van der Waals surface area (Å²) < 4.78 is 24.0. The van der Waals surface area contributed by atoms with E-state index in [1.54, 1.807) is 12.1 Å². The van der Waals surface area contributed by atoms with Crippen LogP contribution in [-0.2, 0) is 4.74 Å². The number of nitrogen functional groups attached to an aromatic ring is 1. The third-order valence-electron chi connectivity index (χ3n) is 2.40. The number of nitrogens with two attached hydrogens (primary N) is 1. The third-order valence-corrected chi connectivity index (χ3v) is 2.40. The highest BCUT2D eigenvalue weighted by Gasteiger charge is 2.16. The minimum atomic E-state index is -0.423. The van der Waals surface area contributed by atoms with Gasteiger partial charge in [0.2, 0.25) is 0 Å². The SMILES string of the molecule is Nc1ccc(OC[C@H]2CCCO2)c(F)c1. The molecule has 2 rings (SSSR count). The van der Waals surface area contributed by atoms with Crippen LogP contribution in [0.3, 0.4) is 0 Å². The van der Waals surface area contributed by atoms with E-state index in [1.165, 1.54) is 6.07 Å². The minimum absolute atomic E-state index is 0.0990. The van der Waals surface area contributed by atoms with Crippen molar-refractivity contribution in [1.29, 1.82) is 0 Å². The van der Waals surface area contributed by atoms with Crippen LogP contribution in [0.1, 0.15) is 12.8 Å². The van der Waals surface area contributed by atoms with Crippen molar-refractivity contribution in [1.82, 2.24) is 0 Å². The average Bonchev–Trinajstić information content (AvgIpc) is 2.69. The standard InChI is InChI=1S/C11H14FNO2/c12-10-6-8(13)3-4-11(10)15-7-9-2-1-5-14-9/h3-4,6,9H,1-2,5,7,13H2/t9-/m1/s1. The minimum Gasteiger partial charge on any atom is -0.488 e. The smallest absolute Gasteiger partial charge is 0.167 e. The highest BCUT2D eigenvalue weighted by molar-refractivity contribution is 5.42. The largest absolute Gasteiger partial charge is 0.488 e. The van der Waals surface area contributed by atoms with Gasteiger partial charge in [0.15, 0.2) is 11.6 Å². The van der Waals surface area contributed by atoms with Gasteiger partial charge in [-0.3, -0.25) is 0 Å². The van der Waals surface area contributed by atoms with Crippen molar-refractivity contribution in [2.45, 2.75) is 18.9 Å². The van der Waals surface area contributed by atoms with Crippen LogP contribution in [0.2, 0.25) is 0 Å². The van der Waals surface area contributed by atoms with Crippen molar-refractivity contribution >= 4 is 5.69 Å². The maximum absolute atomic E-state index is 13.3. The van der Waals surface area contributed by atoms with Crippen molar-refractivity contribution in [3.8, 4) is 5.75 Å². The van der Waals surface area contributed by atoms with Crippen LogP contribution in [0, 0.1) is 5.82 Å². The summed E-state index contributed by atoms with van der Waals surface area (Å²) in [4.78, 5) is 0. The Morgan fingerprint density at radius 3 is 3.07 bits per heavy atom. The second-order valence-corrected chi connectivity index (χ2v) is 3.64. The molecule has 0 aromatic heterocycles. The summed E-state index contributed by atoms with van der Waals surface area (Å²) in [5.74, 6) is -0.187. The molecule has 2 N–H and O–H groups in total. The van der Waals surface area contributed by atoms with E-state index < -0.39 is 5.82 Å². The summed E-state index contributed by atoms with van der Waals surface area (Å²) in [7, 11) is 0. The molecule has 1 saturated heterocycles. The van der Waals surface area contributed by atoms with Crippen molar-refractivity contribution in [2.24, 2.45) is 0 Å². The number of hydrogen-bond acceptors (Lipinski definition) is 3. The summed E-state index contributed by atoms with van der Waals surface area (Å²) in [6.45, 7) is 1.18. The number of anilines is 1. The Kier molecular flexibility index (Phi) is 3.06. The van der Waals surface area contributed by atoms with Gasteiger partial charge in [0.25, 0.3) is 0 Å². The maximum atomic E-state index is 13.3. The Morgan fingerprint density at radius 2 is 2.40 bits per heavy atom. The molecule has 4 heteroatoms. The van der Waals surface area contributed by atoms with Crippen LogP contribution in [0.4, 0.5) is 10.1 Å². The fourth-order valence-corrected chi connectivity index (χ4v) is 1.59. The molecule has 0 bridgehead atoms. The molecule has 1 heterocycles. The second kappa shape index (κ2) is 4.49. The lowest BCUT2D eigenvalue weighted by Gasteiger charge is -2.11. The van der Waals surface area contributed by atoms with Gasteiger partial charge in [0.1, 0.15) is 6.61 Å². The predicted molar refractivity (Wildman–Crippen MR) is 55.3 cm³/mol. The molecule has 1 fully saturated rings. The molecule has 1 aromatic carbocycles. The topological polar surface area (TPSA) is 44.5 Å². The number of halogens is 1. The van der Waals surface area contributed by atoms with E-state index in [1.807, 2.05) is 0 Å². The number of hydrogen-bond donors (Lipinski definition) is 1. The van der Waals surface area contributed by atoms with Crippen LogP contribution in [0.5, 0.6) is 5.75 Å². The molecule has 0 amide bonds. The molecule has 0 unspecified atom stereocenters. The first kappa shape index (κ1) is 10.2.